The third kappa shape index (κ3) is 1.92. The van der Waals surface area contributed by atoms with Crippen molar-refractivity contribution in [2.24, 2.45) is 7.05 Å². The molecule has 5 heteroatoms. The van der Waals surface area contributed by atoms with Gasteiger partial charge in [0.1, 0.15) is 0 Å². The quantitative estimate of drug-likeness (QED) is 0.795. The molecule has 1 amide bonds. The van der Waals surface area contributed by atoms with Gasteiger partial charge in [-0.3, -0.25) is 9.48 Å². The van der Waals surface area contributed by atoms with Crippen molar-refractivity contribution in [3.8, 4) is 0 Å². The number of hydrogen-bond acceptors (Lipinski definition) is 3. The molecule has 1 saturated heterocycles. The third-order valence-corrected chi connectivity index (χ3v) is 3.96. The summed E-state index contributed by atoms with van der Waals surface area (Å²) < 4.78 is 1.88. The highest BCUT2D eigenvalue weighted by molar-refractivity contribution is 5.94. The number of aromatic nitrogens is 2. The molecular weight excluding hydrogens is 228 g/mol. The molecule has 0 radical (unpaired) electrons. The minimum atomic E-state index is 0.121. The van der Waals surface area contributed by atoms with E-state index < -0.39 is 0 Å². The number of hydrogen-bond donors (Lipinski definition) is 1. The normalized spacial score (nSPS) is 19.7. The van der Waals surface area contributed by atoms with Crippen LogP contribution in [0.1, 0.15) is 41.0 Å². The molecule has 18 heavy (non-hydrogen) atoms. The molecule has 0 spiro atoms. The van der Waals surface area contributed by atoms with Gasteiger partial charge in [-0.15, -0.1) is 0 Å². The molecule has 3 rings (SSSR count). The van der Waals surface area contributed by atoms with Crippen molar-refractivity contribution in [1.29, 1.82) is 0 Å². The van der Waals surface area contributed by atoms with E-state index in [0.717, 1.165) is 51.0 Å². The van der Waals surface area contributed by atoms with E-state index in [1.165, 1.54) is 12.1 Å². The van der Waals surface area contributed by atoms with Crippen LogP contribution in [0.25, 0.3) is 0 Å². The highest BCUT2D eigenvalue weighted by Crippen LogP contribution is 2.20. The van der Waals surface area contributed by atoms with E-state index in [9.17, 15) is 4.79 Å². The zero-order chi connectivity index (χ0) is 12.5. The fourth-order valence-corrected chi connectivity index (χ4v) is 2.94. The van der Waals surface area contributed by atoms with E-state index in [2.05, 4.69) is 10.4 Å². The average molecular weight is 248 g/mol. The van der Waals surface area contributed by atoms with Gasteiger partial charge in [0.2, 0.25) is 0 Å². The van der Waals surface area contributed by atoms with E-state index in [4.69, 9.17) is 0 Å². The van der Waals surface area contributed by atoms with Gasteiger partial charge in [0.25, 0.3) is 5.91 Å². The van der Waals surface area contributed by atoms with Crippen molar-refractivity contribution < 1.29 is 4.79 Å². The molecule has 0 atom stereocenters. The van der Waals surface area contributed by atoms with Gasteiger partial charge in [-0.25, -0.2) is 0 Å². The van der Waals surface area contributed by atoms with Crippen LogP contribution in [-0.2, 0) is 20.0 Å². The Balaban J connectivity index is 1.89. The fourth-order valence-electron chi connectivity index (χ4n) is 2.94. The van der Waals surface area contributed by atoms with Crippen LogP contribution in [0.15, 0.2) is 0 Å². The first-order chi connectivity index (χ1) is 8.77. The lowest BCUT2D eigenvalue weighted by atomic mass is 10.1. The Bertz CT molecular complexity index is 460. The highest BCUT2D eigenvalue weighted by atomic mass is 16.2. The maximum atomic E-state index is 12.5. The molecule has 1 aromatic heterocycles. The van der Waals surface area contributed by atoms with E-state index in [1.54, 1.807) is 0 Å². The predicted molar refractivity (Wildman–Crippen MR) is 68.4 cm³/mol. The zero-order valence-corrected chi connectivity index (χ0v) is 10.9. The van der Waals surface area contributed by atoms with Crippen molar-refractivity contribution in [3.63, 3.8) is 0 Å². The zero-order valence-electron chi connectivity index (χ0n) is 10.9. The monoisotopic (exact) mass is 248 g/mol. The molecule has 3 heterocycles. The standard InChI is InChI=1S/C13H20N4O/c1-16-11-5-6-14-9-10(11)12(15-16)13(18)17-7-3-2-4-8-17/h14H,2-9H2,1H3. The summed E-state index contributed by atoms with van der Waals surface area (Å²) in [5.41, 5.74) is 3.00. The fraction of sp³-hybridized carbons (Fsp3) is 0.692. The van der Waals surface area contributed by atoms with E-state index >= 15 is 0 Å². The lowest BCUT2D eigenvalue weighted by molar-refractivity contribution is 0.0716. The van der Waals surface area contributed by atoms with E-state index in [0.29, 0.717) is 5.69 Å². The molecule has 2 aliphatic rings. The maximum absolute atomic E-state index is 12.5. The molecule has 5 nitrogen and oxygen atoms in total. The molecule has 1 fully saturated rings. The summed E-state index contributed by atoms with van der Waals surface area (Å²) in [6.07, 6.45) is 4.45. The molecule has 0 saturated carbocycles. The lowest BCUT2D eigenvalue weighted by Gasteiger charge is -2.26. The van der Waals surface area contributed by atoms with Crippen LogP contribution in [0.3, 0.4) is 0 Å². The molecule has 0 aliphatic carbocycles. The second-order valence-electron chi connectivity index (χ2n) is 5.18. The summed E-state index contributed by atoms with van der Waals surface area (Å²) in [5.74, 6) is 0.121. The van der Waals surface area contributed by atoms with Gasteiger partial charge in [0.05, 0.1) is 0 Å². The Hall–Kier alpha value is -1.36. The van der Waals surface area contributed by atoms with E-state index in [-0.39, 0.29) is 5.91 Å². The number of amides is 1. The van der Waals surface area contributed by atoms with Crippen LogP contribution >= 0.6 is 0 Å². The molecule has 98 valence electrons. The molecule has 1 N–H and O–H groups in total. The number of likely N-dealkylation sites (tertiary alicyclic amines) is 1. The number of aryl methyl sites for hydroxylation is 1. The Labute approximate surface area is 107 Å². The maximum Gasteiger partial charge on any atom is 0.274 e. The first-order valence-electron chi connectivity index (χ1n) is 6.82. The SMILES string of the molecule is Cn1nc(C(=O)N2CCCCC2)c2c1CCNC2. The van der Waals surface area contributed by atoms with Gasteiger partial charge >= 0.3 is 0 Å². The average Bonchev–Trinajstić information content (AvgIpc) is 2.77. The molecule has 2 aliphatic heterocycles. The van der Waals surface area contributed by atoms with Crippen LogP contribution in [-0.4, -0.2) is 40.2 Å². The third-order valence-electron chi connectivity index (χ3n) is 3.96. The number of carbonyl (C=O) groups excluding carboxylic acids is 1. The van der Waals surface area contributed by atoms with Crippen LogP contribution in [0, 0.1) is 0 Å². The Morgan fingerprint density at radius 3 is 2.83 bits per heavy atom. The number of piperidine rings is 1. The highest BCUT2D eigenvalue weighted by Gasteiger charge is 2.27. The van der Waals surface area contributed by atoms with Crippen molar-refractivity contribution in [2.45, 2.75) is 32.2 Å². The molecular formula is C13H20N4O. The van der Waals surface area contributed by atoms with Crippen LogP contribution in [0.2, 0.25) is 0 Å². The largest absolute Gasteiger partial charge is 0.337 e. The van der Waals surface area contributed by atoms with Gasteiger partial charge in [0, 0.05) is 50.9 Å². The summed E-state index contributed by atoms with van der Waals surface area (Å²) in [7, 11) is 1.94. The summed E-state index contributed by atoms with van der Waals surface area (Å²) in [6, 6.07) is 0. The lowest BCUT2D eigenvalue weighted by Crippen LogP contribution is -2.37. The summed E-state index contributed by atoms with van der Waals surface area (Å²) in [5, 5.41) is 7.78. The van der Waals surface area contributed by atoms with Crippen LogP contribution < -0.4 is 5.32 Å². The number of nitrogens with zero attached hydrogens (tertiary/aromatic N) is 3. The van der Waals surface area contributed by atoms with Gasteiger partial charge in [-0.05, 0) is 19.3 Å². The van der Waals surface area contributed by atoms with Crippen LogP contribution in [0.5, 0.6) is 0 Å². The van der Waals surface area contributed by atoms with Crippen molar-refractivity contribution in [3.05, 3.63) is 17.0 Å². The molecule has 0 bridgehead atoms. The van der Waals surface area contributed by atoms with Gasteiger partial charge in [-0.2, -0.15) is 5.10 Å². The second kappa shape index (κ2) is 4.72. The van der Waals surface area contributed by atoms with Crippen LogP contribution in [0.4, 0.5) is 0 Å². The summed E-state index contributed by atoms with van der Waals surface area (Å²) in [4.78, 5) is 14.5. The first-order valence-corrected chi connectivity index (χ1v) is 6.82. The summed E-state index contributed by atoms with van der Waals surface area (Å²) in [6.45, 7) is 3.52. The topological polar surface area (TPSA) is 50.2 Å². The minimum absolute atomic E-state index is 0.121. The van der Waals surface area contributed by atoms with Gasteiger partial charge < -0.3 is 10.2 Å². The second-order valence-corrected chi connectivity index (χ2v) is 5.18. The van der Waals surface area contributed by atoms with Gasteiger partial charge in [-0.1, -0.05) is 0 Å². The smallest absolute Gasteiger partial charge is 0.274 e. The molecule has 1 aromatic rings. The Kier molecular flexibility index (Phi) is 3.07. The minimum Gasteiger partial charge on any atom is -0.337 e. The van der Waals surface area contributed by atoms with E-state index in [1.807, 2.05) is 16.6 Å². The number of fused-ring (bicyclic) bond motifs is 1. The number of nitrogens with one attached hydrogen (secondary N) is 1. The van der Waals surface area contributed by atoms with Crippen molar-refractivity contribution in [1.82, 2.24) is 20.0 Å². The Morgan fingerprint density at radius 2 is 2.06 bits per heavy atom. The molecule has 0 aromatic carbocycles. The Morgan fingerprint density at radius 1 is 1.28 bits per heavy atom. The van der Waals surface area contributed by atoms with Crippen molar-refractivity contribution in [2.75, 3.05) is 19.6 Å². The predicted octanol–water partition coefficient (Wildman–Crippen LogP) is 0.692. The molecule has 0 unspecified atom stereocenters. The van der Waals surface area contributed by atoms with Crippen molar-refractivity contribution >= 4 is 5.91 Å². The summed E-state index contributed by atoms with van der Waals surface area (Å²) >= 11 is 0. The number of rotatable bonds is 1. The number of carbonyl (C=O) groups is 1. The van der Waals surface area contributed by atoms with Gasteiger partial charge in [0.15, 0.2) is 5.69 Å². The first kappa shape index (κ1) is 11.7.